The number of likely N-dealkylation sites (N-methyl/N-ethyl adjacent to an activating group) is 1. The summed E-state index contributed by atoms with van der Waals surface area (Å²) in [6.45, 7) is 3.05. The van der Waals surface area contributed by atoms with Crippen LogP contribution in [-0.4, -0.2) is 60.1 Å². The summed E-state index contributed by atoms with van der Waals surface area (Å²) in [7, 11) is 3.94. The quantitative estimate of drug-likeness (QED) is 0.925. The highest BCUT2D eigenvalue weighted by Gasteiger charge is 2.34. The number of carbonyl (C=O) groups excluding carboxylic acids is 1. The maximum Gasteiger partial charge on any atom is 0.254 e. The minimum absolute atomic E-state index is 0.0487. The van der Waals surface area contributed by atoms with Gasteiger partial charge in [-0.15, -0.1) is 0 Å². The molecule has 2 atom stereocenters. The highest BCUT2D eigenvalue weighted by atomic mass is 35.5. The molecule has 20 heavy (non-hydrogen) atoms. The molecule has 2 unspecified atom stereocenters. The van der Waals surface area contributed by atoms with Crippen molar-refractivity contribution in [2.45, 2.75) is 25.5 Å². The largest absolute Gasteiger partial charge is 0.391 e. The van der Waals surface area contributed by atoms with Crippen LogP contribution in [-0.2, 0) is 0 Å². The number of nitrogens with zero attached hydrogens (tertiary/aromatic N) is 2. The standard InChI is InChI=1S/C15H21ClN2O2/c1-10-4-5-11(6-14(10)16)15(20)18-9-13(19)7-12(18)8-17(2)3/h4-6,12-13,19H,7-9H2,1-3H3. The van der Waals surface area contributed by atoms with Gasteiger partial charge in [0.2, 0.25) is 0 Å². The van der Waals surface area contributed by atoms with E-state index in [4.69, 9.17) is 11.6 Å². The number of rotatable bonds is 3. The second-order valence-electron chi connectivity index (χ2n) is 5.73. The molecule has 1 fully saturated rings. The highest BCUT2D eigenvalue weighted by Crippen LogP contribution is 2.23. The molecule has 0 spiro atoms. The van der Waals surface area contributed by atoms with Gasteiger partial charge in [0.05, 0.1) is 6.10 Å². The molecule has 5 heteroatoms. The molecule has 0 bridgehead atoms. The van der Waals surface area contributed by atoms with E-state index in [9.17, 15) is 9.90 Å². The third-order valence-electron chi connectivity index (χ3n) is 3.65. The molecule has 0 radical (unpaired) electrons. The first kappa shape index (κ1) is 15.3. The molecular weight excluding hydrogens is 276 g/mol. The number of aliphatic hydroxyl groups excluding tert-OH is 1. The molecule has 4 nitrogen and oxygen atoms in total. The van der Waals surface area contributed by atoms with Gasteiger partial charge in [0, 0.05) is 29.7 Å². The van der Waals surface area contributed by atoms with Gasteiger partial charge in [-0.1, -0.05) is 17.7 Å². The molecule has 2 rings (SSSR count). The van der Waals surface area contributed by atoms with E-state index in [0.717, 1.165) is 12.1 Å². The van der Waals surface area contributed by atoms with E-state index in [2.05, 4.69) is 0 Å². The van der Waals surface area contributed by atoms with Crippen molar-refractivity contribution in [3.63, 3.8) is 0 Å². The summed E-state index contributed by atoms with van der Waals surface area (Å²) in [5, 5.41) is 10.4. The van der Waals surface area contributed by atoms with E-state index < -0.39 is 6.10 Å². The minimum Gasteiger partial charge on any atom is -0.391 e. The number of halogens is 1. The number of β-amino-alcohol motifs (C(OH)–C–C–N with tert-alkyl or cyclic N) is 1. The van der Waals surface area contributed by atoms with Gasteiger partial charge in [-0.2, -0.15) is 0 Å². The molecule has 1 saturated heterocycles. The molecule has 1 amide bonds. The van der Waals surface area contributed by atoms with Crippen molar-refractivity contribution in [3.05, 3.63) is 34.3 Å². The zero-order valence-electron chi connectivity index (χ0n) is 12.1. The number of aliphatic hydroxyl groups is 1. The smallest absolute Gasteiger partial charge is 0.254 e. The van der Waals surface area contributed by atoms with Crippen LogP contribution >= 0.6 is 11.6 Å². The van der Waals surface area contributed by atoms with Crippen LogP contribution in [0, 0.1) is 6.92 Å². The van der Waals surface area contributed by atoms with Gasteiger partial charge in [0.15, 0.2) is 0 Å². The summed E-state index contributed by atoms with van der Waals surface area (Å²) in [4.78, 5) is 16.4. The summed E-state index contributed by atoms with van der Waals surface area (Å²) in [6, 6.07) is 5.40. The Morgan fingerprint density at radius 1 is 1.50 bits per heavy atom. The molecule has 1 heterocycles. The average molecular weight is 297 g/mol. The fourth-order valence-electron chi connectivity index (χ4n) is 2.63. The lowest BCUT2D eigenvalue weighted by Gasteiger charge is -2.27. The van der Waals surface area contributed by atoms with Crippen molar-refractivity contribution in [3.8, 4) is 0 Å². The predicted octanol–water partition coefficient (Wildman–Crippen LogP) is 1.79. The first-order chi connectivity index (χ1) is 9.38. The first-order valence-electron chi connectivity index (χ1n) is 6.78. The van der Waals surface area contributed by atoms with Crippen LogP contribution in [0.1, 0.15) is 22.3 Å². The number of likely N-dealkylation sites (tertiary alicyclic amines) is 1. The maximum atomic E-state index is 12.6. The molecule has 1 aliphatic rings. The predicted molar refractivity (Wildman–Crippen MR) is 80.2 cm³/mol. The second kappa shape index (κ2) is 6.12. The van der Waals surface area contributed by atoms with Crippen molar-refractivity contribution in [2.24, 2.45) is 0 Å². The van der Waals surface area contributed by atoms with Gasteiger partial charge >= 0.3 is 0 Å². The van der Waals surface area contributed by atoms with Gasteiger partial charge in [0.1, 0.15) is 0 Å². The number of hydrogen-bond donors (Lipinski definition) is 1. The van der Waals surface area contributed by atoms with E-state index >= 15 is 0 Å². The molecule has 1 aliphatic heterocycles. The fourth-order valence-corrected chi connectivity index (χ4v) is 2.81. The monoisotopic (exact) mass is 296 g/mol. The van der Waals surface area contributed by atoms with Gasteiger partial charge in [-0.05, 0) is 45.1 Å². The lowest BCUT2D eigenvalue weighted by Crippen LogP contribution is -2.41. The zero-order valence-corrected chi connectivity index (χ0v) is 12.9. The topological polar surface area (TPSA) is 43.8 Å². The molecule has 1 N–H and O–H groups in total. The Labute approximate surface area is 124 Å². The number of benzene rings is 1. The summed E-state index contributed by atoms with van der Waals surface area (Å²) in [5.41, 5.74) is 1.54. The lowest BCUT2D eigenvalue weighted by atomic mass is 10.1. The van der Waals surface area contributed by atoms with E-state index in [1.165, 1.54) is 0 Å². The summed E-state index contributed by atoms with van der Waals surface area (Å²) in [5.74, 6) is -0.0599. The molecule has 1 aromatic carbocycles. The van der Waals surface area contributed by atoms with Gasteiger partial charge in [0.25, 0.3) is 5.91 Å². The molecule has 0 aromatic heterocycles. The Hall–Kier alpha value is -1.10. The van der Waals surface area contributed by atoms with Crippen LogP contribution in [0.3, 0.4) is 0 Å². The number of aryl methyl sites for hydroxylation is 1. The number of carbonyl (C=O) groups is 1. The summed E-state index contributed by atoms with van der Waals surface area (Å²) < 4.78 is 0. The minimum atomic E-state index is -0.440. The van der Waals surface area contributed by atoms with E-state index in [1.807, 2.05) is 32.0 Å². The SMILES string of the molecule is Cc1ccc(C(=O)N2CC(O)CC2CN(C)C)cc1Cl. The molecule has 110 valence electrons. The van der Waals surface area contributed by atoms with Crippen molar-refractivity contribution in [1.82, 2.24) is 9.80 Å². The Bertz CT molecular complexity index is 505. The van der Waals surface area contributed by atoms with Gasteiger partial charge in [-0.25, -0.2) is 0 Å². The zero-order chi connectivity index (χ0) is 14.9. The molecular formula is C15H21ClN2O2. The number of amides is 1. The first-order valence-corrected chi connectivity index (χ1v) is 7.16. The maximum absolute atomic E-state index is 12.6. The highest BCUT2D eigenvalue weighted by molar-refractivity contribution is 6.31. The van der Waals surface area contributed by atoms with Crippen molar-refractivity contribution in [2.75, 3.05) is 27.2 Å². The van der Waals surface area contributed by atoms with Crippen LogP contribution in [0.4, 0.5) is 0 Å². The van der Waals surface area contributed by atoms with Crippen LogP contribution in [0.15, 0.2) is 18.2 Å². The van der Waals surface area contributed by atoms with Crippen molar-refractivity contribution < 1.29 is 9.90 Å². The van der Waals surface area contributed by atoms with Crippen LogP contribution in [0.2, 0.25) is 5.02 Å². The summed E-state index contributed by atoms with van der Waals surface area (Å²) >= 11 is 6.09. The van der Waals surface area contributed by atoms with Crippen molar-refractivity contribution in [1.29, 1.82) is 0 Å². The van der Waals surface area contributed by atoms with Gasteiger partial charge in [-0.3, -0.25) is 4.79 Å². The lowest BCUT2D eigenvalue weighted by molar-refractivity contribution is 0.0699. The fraction of sp³-hybridized carbons (Fsp3) is 0.533. The van der Waals surface area contributed by atoms with E-state index in [1.54, 1.807) is 17.0 Å². The molecule has 0 aliphatic carbocycles. The van der Waals surface area contributed by atoms with E-state index in [-0.39, 0.29) is 11.9 Å². The van der Waals surface area contributed by atoms with Crippen molar-refractivity contribution >= 4 is 17.5 Å². The summed E-state index contributed by atoms with van der Waals surface area (Å²) in [6.07, 6.45) is 0.189. The molecule has 0 saturated carbocycles. The molecule has 1 aromatic rings. The number of hydrogen-bond acceptors (Lipinski definition) is 3. The Morgan fingerprint density at radius 3 is 2.80 bits per heavy atom. The Kier molecular flexibility index (Phi) is 4.68. The van der Waals surface area contributed by atoms with Crippen LogP contribution in [0.5, 0.6) is 0 Å². The normalized spacial score (nSPS) is 22.6. The second-order valence-corrected chi connectivity index (χ2v) is 6.13. The Morgan fingerprint density at radius 2 is 2.20 bits per heavy atom. The third kappa shape index (κ3) is 3.32. The van der Waals surface area contributed by atoms with E-state index in [0.29, 0.717) is 23.6 Å². The van der Waals surface area contributed by atoms with Gasteiger partial charge < -0.3 is 14.9 Å². The third-order valence-corrected chi connectivity index (χ3v) is 4.06. The van der Waals surface area contributed by atoms with Crippen LogP contribution in [0.25, 0.3) is 0 Å². The van der Waals surface area contributed by atoms with Crippen LogP contribution < -0.4 is 0 Å². The average Bonchev–Trinajstić information content (AvgIpc) is 2.72. The Balaban J connectivity index is 2.19.